The maximum atomic E-state index is 5.64. The number of rotatable bonds is 3. The summed E-state index contributed by atoms with van der Waals surface area (Å²) in [7, 11) is 0. The number of benzene rings is 1. The summed E-state index contributed by atoms with van der Waals surface area (Å²) in [5, 5.41) is 0. The number of hydrogen-bond acceptors (Lipinski definition) is 4. The average molecular weight is 288 g/mol. The number of likely N-dealkylation sites (tertiary alicyclic amines) is 2. The molecule has 0 saturated carbocycles. The topological polar surface area (TPSA) is 24.9 Å². The quantitative estimate of drug-likeness (QED) is 0.853. The van der Waals surface area contributed by atoms with E-state index in [1.54, 1.807) is 0 Å². The zero-order valence-corrected chi connectivity index (χ0v) is 12.6. The number of nitrogens with zero attached hydrogens (tertiary/aromatic N) is 2. The minimum Gasteiger partial charge on any atom is -0.454 e. The van der Waals surface area contributed by atoms with Crippen molar-refractivity contribution in [1.29, 1.82) is 0 Å². The Labute approximate surface area is 126 Å². The largest absolute Gasteiger partial charge is 0.454 e. The molecule has 21 heavy (non-hydrogen) atoms. The molecule has 4 nitrogen and oxygen atoms in total. The Balaban J connectivity index is 1.43. The van der Waals surface area contributed by atoms with E-state index >= 15 is 0 Å². The summed E-state index contributed by atoms with van der Waals surface area (Å²) < 4.78 is 11.1. The van der Waals surface area contributed by atoms with Crippen LogP contribution in [0.2, 0.25) is 0 Å². The van der Waals surface area contributed by atoms with Gasteiger partial charge in [0.25, 0.3) is 0 Å². The van der Waals surface area contributed by atoms with Gasteiger partial charge in [0.1, 0.15) is 0 Å². The molecule has 0 aliphatic carbocycles. The third kappa shape index (κ3) is 2.74. The van der Waals surface area contributed by atoms with Crippen molar-refractivity contribution in [2.24, 2.45) is 0 Å². The minimum absolute atomic E-state index is 0.364. The van der Waals surface area contributed by atoms with Crippen LogP contribution in [0.3, 0.4) is 0 Å². The second kappa shape index (κ2) is 5.85. The lowest BCUT2D eigenvalue weighted by molar-refractivity contribution is 0.109. The molecule has 3 heterocycles. The van der Waals surface area contributed by atoms with Gasteiger partial charge in [-0.2, -0.15) is 0 Å². The van der Waals surface area contributed by atoms with Crippen LogP contribution in [0.1, 0.15) is 31.2 Å². The Morgan fingerprint density at radius 3 is 2.86 bits per heavy atom. The molecule has 1 atom stereocenters. The zero-order valence-electron chi connectivity index (χ0n) is 12.6. The highest BCUT2D eigenvalue weighted by Crippen LogP contribution is 2.36. The summed E-state index contributed by atoms with van der Waals surface area (Å²) in [4.78, 5) is 5.28. The monoisotopic (exact) mass is 288 g/mol. The summed E-state index contributed by atoms with van der Waals surface area (Å²) in [5.41, 5.74) is 1.27. The van der Waals surface area contributed by atoms with Crippen molar-refractivity contribution in [3.05, 3.63) is 23.8 Å². The van der Waals surface area contributed by atoms with Crippen LogP contribution in [0.15, 0.2) is 18.2 Å². The summed E-state index contributed by atoms with van der Waals surface area (Å²) in [5.74, 6) is 1.86. The van der Waals surface area contributed by atoms with Gasteiger partial charge in [-0.1, -0.05) is 12.1 Å². The Morgan fingerprint density at radius 2 is 1.95 bits per heavy atom. The van der Waals surface area contributed by atoms with Gasteiger partial charge >= 0.3 is 0 Å². The second-order valence-corrected chi connectivity index (χ2v) is 6.43. The SMILES string of the molecule is c1cc(CN2CCCC(N3CCCC3)C2)c2c(c1)OCO2. The van der Waals surface area contributed by atoms with Gasteiger partial charge in [-0.05, 0) is 51.4 Å². The molecule has 1 aromatic carbocycles. The van der Waals surface area contributed by atoms with Crippen molar-refractivity contribution in [1.82, 2.24) is 9.80 Å². The highest BCUT2D eigenvalue weighted by atomic mass is 16.7. The lowest BCUT2D eigenvalue weighted by Crippen LogP contribution is -2.46. The van der Waals surface area contributed by atoms with E-state index in [4.69, 9.17) is 9.47 Å². The number of hydrogen-bond donors (Lipinski definition) is 0. The molecule has 3 aliphatic rings. The van der Waals surface area contributed by atoms with Crippen molar-refractivity contribution in [2.45, 2.75) is 38.3 Å². The standard InChI is InChI=1S/C17H24N2O2/c1-2-10-19(9-1)15-6-4-8-18(12-15)11-14-5-3-7-16-17(14)21-13-20-16/h3,5,7,15H,1-2,4,6,8-13H2. The van der Waals surface area contributed by atoms with E-state index in [9.17, 15) is 0 Å². The molecule has 0 bridgehead atoms. The van der Waals surface area contributed by atoms with E-state index < -0.39 is 0 Å². The molecule has 2 saturated heterocycles. The third-order valence-corrected chi connectivity index (χ3v) is 5.01. The third-order valence-electron chi connectivity index (χ3n) is 5.01. The van der Waals surface area contributed by atoms with Crippen LogP contribution in [-0.4, -0.2) is 48.8 Å². The van der Waals surface area contributed by atoms with E-state index in [2.05, 4.69) is 21.9 Å². The van der Waals surface area contributed by atoms with Crippen LogP contribution in [0.25, 0.3) is 0 Å². The van der Waals surface area contributed by atoms with Gasteiger partial charge in [0.15, 0.2) is 11.5 Å². The Morgan fingerprint density at radius 1 is 1.05 bits per heavy atom. The summed E-state index contributed by atoms with van der Waals surface area (Å²) in [6.45, 7) is 6.35. The summed E-state index contributed by atoms with van der Waals surface area (Å²) in [6.07, 6.45) is 5.44. The van der Waals surface area contributed by atoms with Crippen molar-refractivity contribution in [3.63, 3.8) is 0 Å². The van der Waals surface area contributed by atoms with E-state index in [-0.39, 0.29) is 0 Å². The highest BCUT2D eigenvalue weighted by molar-refractivity contribution is 5.48. The molecule has 0 amide bonds. The fraction of sp³-hybridized carbons (Fsp3) is 0.647. The van der Waals surface area contributed by atoms with Crippen molar-refractivity contribution in [2.75, 3.05) is 33.0 Å². The average Bonchev–Trinajstić information content (AvgIpc) is 3.20. The number of piperidine rings is 1. The van der Waals surface area contributed by atoms with E-state index in [0.717, 1.165) is 24.1 Å². The van der Waals surface area contributed by atoms with E-state index in [1.807, 2.05) is 6.07 Å². The van der Waals surface area contributed by atoms with Crippen LogP contribution in [0.5, 0.6) is 11.5 Å². The smallest absolute Gasteiger partial charge is 0.231 e. The molecule has 2 fully saturated rings. The molecule has 3 aliphatic heterocycles. The molecular weight excluding hydrogens is 264 g/mol. The van der Waals surface area contributed by atoms with Crippen LogP contribution < -0.4 is 9.47 Å². The first kappa shape index (κ1) is 13.4. The molecule has 1 unspecified atom stereocenters. The Kier molecular flexibility index (Phi) is 3.74. The maximum Gasteiger partial charge on any atom is 0.231 e. The van der Waals surface area contributed by atoms with Crippen LogP contribution in [0.4, 0.5) is 0 Å². The van der Waals surface area contributed by atoms with Gasteiger partial charge < -0.3 is 9.47 Å². The lowest BCUT2D eigenvalue weighted by Gasteiger charge is -2.37. The minimum atomic E-state index is 0.364. The Bertz CT molecular complexity index is 500. The first-order chi connectivity index (χ1) is 10.4. The molecular formula is C17H24N2O2. The maximum absolute atomic E-state index is 5.64. The molecule has 0 radical (unpaired) electrons. The van der Waals surface area contributed by atoms with E-state index in [0.29, 0.717) is 6.79 Å². The molecule has 4 heteroatoms. The van der Waals surface area contributed by atoms with Gasteiger partial charge in [-0.3, -0.25) is 9.80 Å². The van der Waals surface area contributed by atoms with Gasteiger partial charge in [-0.25, -0.2) is 0 Å². The van der Waals surface area contributed by atoms with Gasteiger partial charge in [0.2, 0.25) is 6.79 Å². The van der Waals surface area contributed by atoms with Crippen molar-refractivity contribution < 1.29 is 9.47 Å². The molecule has 114 valence electrons. The normalized spacial score (nSPS) is 26.4. The predicted molar refractivity (Wildman–Crippen MR) is 81.7 cm³/mol. The molecule has 1 aromatic rings. The lowest BCUT2D eigenvalue weighted by atomic mass is 10.0. The van der Waals surface area contributed by atoms with Gasteiger partial charge in [0.05, 0.1) is 0 Å². The highest BCUT2D eigenvalue weighted by Gasteiger charge is 2.28. The first-order valence-electron chi connectivity index (χ1n) is 8.24. The molecule has 0 aromatic heterocycles. The summed E-state index contributed by atoms with van der Waals surface area (Å²) >= 11 is 0. The number of para-hydroxylation sites is 1. The molecule has 0 spiro atoms. The van der Waals surface area contributed by atoms with Gasteiger partial charge in [0, 0.05) is 24.7 Å². The predicted octanol–water partition coefficient (Wildman–Crippen LogP) is 2.48. The second-order valence-electron chi connectivity index (χ2n) is 6.43. The van der Waals surface area contributed by atoms with Crippen molar-refractivity contribution >= 4 is 0 Å². The summed E-state index contributed by atoms with van der Waals surface area (Å²) in [6, 6.07) is 7.00. The van der Waals surface area contributed by atoms with Crippen LogP contribution in [-0.2, 0) is 6.54 Å². The zero-order chi connectivity index (χ0) is 14.1. The molecule has 0 N–H and O–H groups in total. The Hall–Kier alpha value is -1.26. The van der Waals surface area contributed by atoms with Crippen LogP contribution >= 0.6 is 0 Å². The van der Waals surface area contributed by atoms with E-state index in [1.165, 1.54) is 57.4 Å². The number of ether oxygens (including phenoxy) is 2. The van der Waals surface area contributed by atoms with Crippen LogP contribution in [0, 0.1) is 0 Å². The number of fused-ring (bicyclic) bond motifs is 1. The van der Waals surface area contributed by atoms with Gasteiger partial charge in [-0.15, -0.1) is 0 Å². The first-order valence-corrected chi connectivity index (χ1v) is 8.24. The van der Waals surface area contributed by atoms with Crippen molar-refractivity contribution in [3.8, 4) is 11.5 Å². The fourth-order valence-electron chi connectivity index (χ4n) is 3.94. The fourth-order valence-corrected chi connectivity index (χ4v) is 3.94. The molecule has 4 rings (SSSR count).